The van der Waals surface area contributed by atoms with Gasteiger partial charge in [-0.3, -0.25) is 0 Å². The van der Waals surface area contributed by atoms with Crippen LogP contribution in [0.1, 0.15) is 23.6 Å². The molecule has 2 aromatic rings. The summed E-state index contributed by atoms with van der Waals surface area (Å²) >= 11 is 0. The third-order valence-electron chi connectivity index (χ3n) is 3.34. The number of para-hydroxylation sites is 1. The molecule has 0 aliphatic carbocycles. The number of ether oxygens (including phenoxy) is 1. The zero-order valence-corrected chi connectivity index (χ0v) is 9.86. The highest BCUT2D eigenvalue weighted by Crippen LogP contribution is 2.39. The van der Waals surface area contributed by atoms with Gasteiger partial charge < -0.3 is 10.5 Å². The molecule has 1 aliphatic heterocycles. The Morgan fingerprint density at radius 1 is 1.12 bits per heavy atom. The number of fused-ring (bicyclic) bond motifs is 2. The lowest BCUT2D eigenvalue weighted by atomic mass is 9.93. The van der Waals surface area contributed by atoms with Gasteiger partial charge in [-0.1, -0.05) is 25.1 Å². The first kappa shape index (κ1) is 10.2. The van der Waals surface area contributed by atoms with Crippen LogP contribution in [-0.2, 0) is 12.8 Å². The fourth-order valence-corrected chi connectivity index (χ4v) is 2.45. The summed E-state index contributed by atoms with van der Waals surface area (Å²) in [6.45, 7) is 2.13. The molecule has 0 spiro atoms. The summed E-state index contributed by atoms with van der Waals surface area (Å²) < 4.78 is 5.92. The van der Waals surface area contributed by atoms with E-state index in [4.69, 9.17) is 10.5 Å². The Kier molecular flexibility index (Phi) is 2.29. The smallest absolute Gasteiger partial charge is 0.131 e. The van der Waals surface area contributed by atoms with E-state index in [1.54, 1.807) is 0 Å². The van der Waals surface area contributed by atoms with Gasteiger partial charge in [-0.15, -0.1) is 0 Å². The van der Waals surface area contributed by atoms with Crippen LogP contribution in [0.3, 0.4) is 0 Å². The van der Waals surface area contributed by atoms with Gasteiger partial charge in [-0.05, 0) is 35.7 Å². The minimum Gasteiger partial charge on any atom is -0.457 e. The van der Waals surface area contributed by atoms with Crippen LogP contribution < -0.4 is 10.5 Å². The van der Waals surface area contributed by atoms with Crippen molar-refractivity contribution in [1.29, 1.82) is 0 Å². The van der Waals surface area contributed by atoms with E-state index in [9.17, 15) is 0 Å². The maximum Gasteiger partial charge on any atom is 0.131 e. The molecule has 2 aromatic carbocycles. The van der Waals surface area contributed by atoms with Crippen LogP contribution in [-0.4, -0.2) is 0 Å². The van der Waals surface area contributed by atoms with Crippen molar-refractivity contribution < 1.29 is 4.74 Å². The third-order valence-corrected chi connectivity index (χ3v) is 3.34. The summed E-state index contributed by atoms with van der Waals surface area (Å²) in [6.07, 6.45) is 1.86. The second kappa shape index (κ2) is 3.81. The van der Waals surface area contributed by atoms with Crippen LogP contribution in [0.2, 0.25) is 0 Å². The zero-order chi connectivity index (χ0) is 11.8. The third kappa shape index (κ3) is 1.57. The average Bonchev–Trinajstić information content (AvgIpc) is 2.36. The predicted molar refractivity (Wildman–Crippen MR) is 69.6 cm³/mol. The lowest BCUT2D eigenvalue weighted by molar-refractivity contribution is 0.459. The van der Waals surface area contributed by atoms with Crippen molar-refractivity contribution in [2.75, 3.05) is 5.73 Å². The van der Waals surface area contributed by atoms with Gasteiger partial charge in [-0.25, -0.2) is 0 Å². The first-order chi connectivity index (χ1) is 8.29. The van der Waals surface area contributed by atoms with Crippen LogP contribution in [0.15, 0.2) is 36.4 Å². The van der Waals surface area contributed by atoms with E-state index in [0.29, 0.717) is 0 Å². The minimum absolute atomic E-state index is 0.870. The molecule has 0 saturated heterocycles. The van der Waals surface area contributed by atoms with Gasteiger partial charge in [0.05, 0.1) is 0 Å². The van der Waals surface area contributed by atoms with Crippen molar-refractivity contribution in [2.24, 2.45) is 0 Å². The summed E-state index contributed by atoms with van der Waals surface area (Å²) in [7, 11) is 0. The normalized spacial score (nSPS) is 12.5. The van der Waals surface area contributed by atoms with Gasteiger partial charge in [-0.2, -0.15) is 0 Å². The lowest BCUT2D eigenvalue weighted by Crippen LogP contribution is -2.07. The Balaban J connectivity index is 2.15. The minimum atomic E-state index is 0.870. The molecule has 0 bridgehead atoms. The number of nitrogen functional groups attached to an aromatic ring is 1. The second-order valence-electron chi connectivity index (χ2n) is 4.35. The summed E-state index contributed by atoms with van der Waals surface area (Å²) in [4.78, 5) is 0. The van der Waals surface area contributed by atoms with Crippen molar-refractivity contribution in [3.05, 3.63) is 53.1 Å². The number of anilines is 1. The van der Waals surface area contributed by atoms with Crippen LogP contribution in [0, 0.1) is 0 Å². The van der Waals surface area contributed by atoms with Crippen LogP contribution in [0.4, 0.5) is 5.69 Å². The molecule has 0 fully saturated rings. The van der Waals surface area contributed by atoms with Crippen LogP contribution >= 0.6 is 0 Å². The highest BCUT2D eigenvalue weighted by molar-refractivity contribution is 5.61. The van der Waals surface area contributed by atoms with Crippen LogP contribution in [0.25, 0.3) is 0 Å². The Morgan fingerprint density at radius 2 is 1.94 bits per heavy atom. The van der Waals surface area contributed by atoms with E-state index in [0.717, 1.165) is 30.0 Å². The molecule has 1 aliphatic rings. The van der Waals surface area contributed by atoms with Gasteiger partial charge >= 0.3 is 0 Å². The van der Waals surface area contributed by atoms with Gasteiger partial charge in [0.25, 0.3) is 0 Å². The number of nitrogens with two attached hydrogens (primary N) is 1. The molecular weight excluding hydrogens is 210 g/mol. The molecule has 0 saturated carbocycles. The fraction of sp³-hybridized carbons (Fsp3) is 0.200. The van der Waals surface area contributed by atoms with Crippen molar-refractivity contribution in [3.8, 4) is 11.5 Å². The molecular formula is C15H15NO. The van der Waals surface area contributed by atoms with Crippen molar-refractivity contribution in [2.45, 2.75) is 19.8 Å². The van der Waals surface area contributed by atoms with E-state index in [-0.39, 0.29) is 0 Å². The first-order valence-electron chi connectivity index (χ1n) is 5.95. The number of rotatable bonds is 1. The summed E-state index contributed by atoms with van der Waals surface area (Å²) in [5.74, 6) is 1.92. The molecule has 17 heavy (non-hydrogen) atoms. The monoisotopic (exact) mass is 225 g/mol. The summed E-state index contributed by atoms with van der Waals surface area (Å²) in [5, 5.41) is 0. The van der Waals surface area contributed by atoms with Gasteiger partial charge in [0, 0.05) is 17.7 Å². The number of hydrogen-bond acceptors (Lipinski definition) is 2. The SMILES string of the molecule is CCc1c(N)ccc2c1Cc1ccccc1O2. The van der Waals surface area contributed by atoms with Gasteiger partial charge in [0.1, 0.15) is 11.5 Å². The first-order valence-corrected chi connectivity index (χ1v) is 5.95. The Morgan fingerprint density at radius 3 is 2.76 bits per heavy atom. The standard InChI is InChI=1S/C15H15NO/c1-2-11-12-9-10-5-3-4-6-14(10)17-15(12)8-7-13(11)16/h3-8H,2,9,16H2,1H3. The molecule has 2 N–H and O–H groups in total. The molecule has 86 valence electrons. The number of hydrogen-bond donors (Lipinski definition) is 1. The topological polar surface area (TPSA) is 35.2 Å². The highest BCUT2D eigenvalue weighted by Gasteiger charge is 2.19. The Labute approximate surface area is 101 Å². The average molecular weight is 225 g/mol. The van der Waals surface area contributed by atoms with E-state index in [1.807, 2.05) is 30.3 Å². The van der Waals surface area contributed by atoms with Gasteiger partial charge in [0.15, 0.2) is 0 Å². The molecule has 1 heterocycles. The highest BCUT2D eigenvalue weighted by atomic mass is 16.5. The molecule has 0 atom stereocenters. The van der Waals surface area contributed by atoms with E-state index in [1.165, 1.54) is 16.7 Å². The molecule has 0 radical (unpaired) electrons. The lowest BCUT2D eigenvalue weighted by Gasteiger charge is -2.23. The Bertz CT molecular complexity index is 575. The summed E-state index contributed by atoms with van der Waals surface area (Å²) in [6, 6.07) is 12.1. The van der Waals surface area contributed by atoms with Crippen molar-refractivity contribution >= 4 is 5.69 Å². The maximum absolute atomic E-state index is 6.02. The second-order valence-corrected chi connectivity index (χ2v) is 4.35. The molecule has 0 unspecified atom stereocenters. The van der Waals surface area contributed by atoms with Crippen molar-refractivity contribution in [1.82, 2.24) is 0 Å². The molecule has 0 aromatic heterocycles. The van der Waals surface area contributed by atoms with Crippen LogP contribution in [0.5, 0.6) is 11.5 Å². The quantitative estimate of drug-likeness (QED) is 0.643. The molecule has 2 nitrogen and oxygen atoms in total. The molecule has 2 heteroatoms. The molecule has 0 amide bonds. The Hall–Kier alpha value is -1.96. The predicted octanol–water partition coefficient (Wildman–Crippen LogP) is 3.53. The molecule has 3 rings (SSSR count). The largest absolute Gasteiger partial charge is 0.457 e. The zero-order valence-electron chi connectivity index (χ0n) is 9.86. The van der Waals surface area contributed by atoms with E-state index < -0.39 is 0 Å². The van der Waals surface area contributed by atoms with E-state index >= 15 is 0 Å². The number of benzene rings is 2. The summed E-state index contributed by atoms with van der Waals surface area (Å²) in [5.41, 5.74) is 10.6. The van der Waals surface area contributed by atoms with E-state index in [2.05, 4.69) is 13.0 Å². The fourth-order valence-electron chi connectivity index (χ4n) is 2.45. The van der Waals surface area contributed by atoms with Gasteiger partial charge in [0.2, 0.25) is 0 Å². The maximum atomic E-state index is 6.02. The van der Waals surface area contributed by atoms with Crippen molar-refractivity contribution in [3.63, 3.8) is 0 Å².